The van der Waals surface area contributed by atoms with E-state index in [0.29, 0.717) is 27.7 Å². The molecule has 0 saturated carbocycles. The molecule has 1 heterocycles. The molecule has 0 amide bonds. The van der Waals surface area contributed by atoms with Crippen LogP contribution in [0.3, 0.4) is 0 Å². The molecule has 140 valence electrons. The molecule has 4 rings (SSSR count). The number of rotatable bonds is 5. The number of tetrazole rings is 1. The van der Waals surface area contributed by atoms with Crippen molar-refractivity contribution < 1.29 is 8.42 Å². The Morgan fingerprint density at radius 2 is 1.64 bits per heavy atom. The minimum atomic E-state index is -3.85. The van der Waals surface area contributed by atoms with E-state index < -0.39 is 10.0 Å². The molecular formula is C19H14ClN5O2S. The van der Waals surface area contributed by atoms with E-state index in [0.717, 1.165) is 5.56 Å². The van der Waals surface area contributed by atoms with Crippen molar-refractivity contribution in [3.05, 3.63) is 77.8 Å². The van der Waals surface area contributed by atoms with E-state index in [1.165, 1.54) is 6.07 Å². The monoisotopic (exact) mass is 411 g/mol. The first-order valence-electron chi connectivity index (χ1n) is 8.24. The quantitative estimate of drug-likeness (QED) is 0.517. The Bertz CT molecular complexity index is 1210. The van der Waals surface area contributed by atoms with Gasteiger partial charge in [0.15, 0.2) is 0 Å². The Morgan fingerprint density at radius 3 is 2.39 bits per heavy atom. The van der Waals surface area contributed by atoms with Crippen LogP contribution in [-0.2, 0) is 10.0 Å². The molecule has 0 aliphatic rings. The van der Waals surface area contributed by atoms with Gasteiger partial charge in [-0.3, -0.25) is 4.72 Å². The number of nitrogens with zero attached hydrogens (tertiary/aromatic N) is 3. The van der Waals surface area contributed by atoms with Crippen molar-refractivity contribution in [2.24, 2.45) is 0 Å². The molecule has 0 bridgehead atoms. The molecule has 7 nitrogen and oxygen atoms in total. The number of aromatic amines is 1. The highest BCUT2D eigenvalue weighted by Crippen LogP contribution is 2.28. The number of benzene rings is 3. The maximum atomic E-state index is 12.9. The molecule has 0 atom stereocenters. The summed E-state index contributed by atoms with van der Waals surface area (Å²) in [5, 5.41) is 14.0. The molecule has 0 aliphatic heterocycles. The van der Waals surface area contributed by atoms with Crippen LogP contribution in [0, 0.1) is 0 Å². The fraction of sp³-hybridized carbons (Fsp3) is 0. The van der Waals surface area contributed by atoms with Gasteiger partial charge in [0.05, 0.1) is 4.90 Å². The Labute approximate surface area is 166 Å². The maximum Gasteiger partial charge on any atom is 0.261 e. The van der Waals surface area contributed by atoms with Gasteiger partial charge in [-0.15, -0.1) is 10.2 Å². The van der Waals surface area contributed by atoms with Crippen LogP contribution < -0.4 is 4.72 Å². The molecule has 0 unspecified atom stereocenters. The van der Waals surface area contributed by atoms with Crippen molar-refractivity contribution in [3.63, 3.8) is 0 Å². The lowest BCUT2D eigenvalue weighted by Gasteiger charge is -2.11. The van der Waals surface area contributed by atoms with E-state index in [9.17, 15) is 8.42 Å². The fourth-order valence-corrected chi connectivity index (χ4v) is 4.15. The molecule has 1 aromatic heterocycles. The van der Waals surface area contributed by atoms with Crippen molar-refractivity contribution in [1.82, 2.24) is 20.6 Å². The van der Waals surface area contributed by atoms with Crippen molar-refractivity contribution in [2.45, 2.75) is 4.90 Å². The summed E-state index contributed by atoms with van der Waals surface area (Å²) in [6.07, 6.45) is 0. The lowest BCUT2D eigenvalue weighted by Crippen LogP contribution is -2.13. The third-order valence-corrected chi connectivity index (χ3v) is 5.59. The average molecular weight is 412 g/mol. The first-order valence-corrected chi connectivity index (χ1v) is 10.1. The average Bonchev–Trinajstić information content (AvgIpc) is 3.23. The van der Waals surface area contributed by atoms with Crippen LogP contribution in [0.15, 0.2) is 77.7 Å². The van der Waals surface area contributed by atoms with Gasteiger partial charge in [-0.05, 0) is 46.7 Å². The van der Waals surface area contributed by atoms with Crippen LogP contribution >= 0.6 is 11.6 Å². The number of anilines is 1. The normalized spacial score (nSPS) is 11.3. The van der Waals surface area contributed by atoms with Gasteiger partial charge in [0.2, 0.25) is 5.82 Å². The number of nitrogens with one attached hydrogen (secondary N) is 2. The van der Waals surface area contributed by atoms with Crippen molar-refractivity contribution in [1.29, 1.82) is 0 Å². The Morgan fingerprint density at radius 1 is 0.857 bits per heavy atom. The second kappa shape index (κ2) is 7.41. The standard InChI is InChI=1S/C19H14ClN5O2S/c20-16-9-15(13-5-2-1-3-6-13)11-18(12-16)28(26,27)23-17-8-4-7-14(10-17)19-21-24-25-22-19/h1-12,23H,(H,21,22,24,25). The van der Waals surface area contributed by atoms with Crippen LogP contribution in [0.25, 0.3) is 22.5 Å². The van der Waals surface area contributed by atoms with Gasteiger partial charge in [0, 0.05) is 16.3 Å². The summed E-state index contributed by atoms with van der Waals surface area (Å²) >= 11 is 6.18. The lowest BCUT2D eigenvalue weighted by atomic mass is 10.1. The summed E-state index contributed by atoms with van der Waals surface area (Å²) in [5.41, 5.74) is 2.60. The van der Waals surface area contributed by atoms with E-state index in [2.05, 4.69) is 25.3 Å². The van der Waals surface area contributed by atoms with Crippen molar-refractivity contribution >= 4 is 27.3 Å². The number of hydrogen-bond acceptors (Lipinski definition) is 5. The molecule has 0 saturated heterocycles. The van der Waals surface area contributed by atoms with E-state index >= 15 is 0 Å². The Kier molecular flexibility index (Phi) is 4.81. The Hall–Kier alpha value is -3.23. The molecule has 0 radical (unpaired) electrons. The van der Waals surface area contributed by atoms with Gasteiger partial charge in [-0.2, -0.15) is 5.21 Å². The summed E-state index contributed by atoms with van der Waals surface area (Å²) in [6, 6.07) is 20.9. The van der Waals surface area contributed by atoms with Crippen LogP contribution in [0.4, 0.5) is 5.69 Å². The number of halogens is 1. The van der Waals surface area contributed by atoms with E-state index in [4.69, 9.17) is 11.6 Å². The summed E-state index contributed by atoms with van der Waals surface area (Å²) in [4.78, 5) is 0.0730. The van der Waals surface area contributed by atoms with Gasteiger partial charge in [-0.25, -0.2) is 8.42 Å². The SMILES string of the molecule is O=S(=O)(Nc1cccc(-c2nn[nH]n2)c1)c1cc(Cl)cc(-c2ccccc2)c1. The molecule has 4 aromatic rings. The number of aromatic nitrogens is 4. The van der Waals surface area contributed by atoms with Crippen molar-refractivity contribution in [3.8, 4) is 22.5 Å². The Balaban J connectivity index is 1.68. The molecule has 0 fully saturated rings. The summed E-state index contributed by atoms with van der Waals surface area (Å²) < 4.78 is 28.4. The van der Waals surface area contributed by atoms with E-state index in [1.807, 2.05) is 30.3 Å². The topological polar surface area (TPSA) is 101 Å². The third-order valence-electron chi connectivity index (χ3n) is 4.01. The summed E-state index contributed by atoms with van der Waals surface area (Å²) in [7, 11) is -3.85. The number of H-pyrrole nitrogens is 1. The maximum absolute atomic E-state index is 12.9. The van der Waals surface area contributed by atoms with Crippen LogP contribution in [0.1, 0.15) is 0 Å². The highest BCUT2D eigenvalue weighted by molar-refractivity contribution is 7.92. The van der Waals surface area contributed by atoms with Crippen molar-refractivity contribution in [2.75, 3.05) is 4.72 Å². The molecule has 0 aliphatic carbocycles. The van der Waals surface area contributed by atoms with E-state index in [-0.39, 0.29) is 4.90 Å². The number of sulfonamides is 1. The number of hydrogen-bond donors (Lipinski definition) is 2. The largest absolute Gasteiger partial charge is 0.280 e. The van der Waals surface area contributed by atoms with Gasteiger partial charge in [0.25, 0.3) is 10.0 Å². The predicted molar refractivity (Wildman–Crippen MR) is 107 cm³/mol. The molecule has 9 heteroatoms. The smallest absolute Gasteiger partial charge is 0.261 e. The second-order valence-corrected chi connectivity index (χ2v) is 8.08. The molecule has 0 spiro atoms. The predicted octanol–water partition coefficient (Wildman–Crippen LogP) is 3.99. The van der Waals surface area contributed by atoms with Gasteiger partial charge in [-0.1, -0.05) is 54.1 Å². The zero-order valence-corrected chi connectivity index (χ0v) is 15.9. The minimum absolute atomic E-state index is 0.0730. The van der Waals surface area contributed by atoms with Gasteiger partial charge < -0.3 is 0 Å². The first kappa shape index (κ1) is 18.1. The molecule has 2 N–H and O–H groups in total. The molecule has 28 heavy (non-hydrogen) atoms. The minimum Gasteiger partial charge on any atom is -0.280 e. The zero-order valence-electron chi connectivity index (χ0n) is 14.4. The zero-order chi connectivity index (χ0) is 19.6. The lowest BCUT2D eigenvalue weighted by molar-refractivity contribution is 0.601. The van der Waals surface area contributed by atoms with Crippen LogP contribution in [0.2, 0.25) is 5.02 Å². The third kappa shape index (κ3) is 3.88. The van der Waals surface area contributed by atoms with E-state index in [1.54, 1.807) is 36.4 Å². The second-order valence-electron chi connectivity index (χ2n) is 5.96. The highest BCUT2D eigenvalue weighted by atomic mass is 35.5. The molecular weight excluding hydrogens is 398 g/mol. The summed E-state index contributed by atoms with van der Waals surface area (Å²) in [5.74, 6) is 0.371. The van der Waals surface area contributed by atoms with Crippen LogP contribution in [0.5, 0.6) is 0 Å². The van der Waals surface area contributed by atoms with Gasteiger partial charge >= 0.3 is 0 Å². The highest BCUT2D eigenvalue weighted by Gasteiger charge is 2.17. The molecule has 3 aromatic carbocycles. The van der Waals surface area contributed by atoms with Crippen LogP contribution in [-0.4, -0.2) is 29.0 Å². The first-order chi connectivity index (χ1) is 13.5. The van der Waals surface area contributed by atoms with Gasteiger partial charge in [0.1, 0.15) is 0 Å². The fourth-order valence-electron chi connectivity index (χ4n) is 2.74. The summed E-state index contributed by atoms with van der Waals surface area (Å²) in [6.45, 7) is 0.